The highest BCUT2D eigenvalue weighted by atomic mass is 35.5. The van der Waals surface area contributed by atoms with Crippen molar-refractivity contribution in [3.8, 4) is 22.0 Å². The van der Waals surface area contributed by atoms with E-state index in [1.165, 1.54) is 18.3 Å². The molecule has 0 saturated carbocycles. The highest BCUT2D eigenvalue weighted by Crippen LogP contribution is 2.37. The number of rotatable bonds is 5. The van der Waals surface area contributed by atoms with Crippen LogP contribution >= 0.6 is 22.9 Å². The van der Waals surface area contributed by atoms with Crippen LogP contribution in [0.5, 0.6) is 0 Å². The normalized spacial score (nSPS) is 15.6. The molecule has 13 heteroatoms. The minimum absolute atomic E-state index is 0.105. The summed E-state index contributed by atoms with van der Waals surface area (Å²) in [6.07, 6.45) is -0.436. The van der Waals surface area contributed by atoms with Gasteiger partial charge in [0.2, 0.25) is 0 Å². The maximum Gasteiger partial charge on any atom is 0.282 e. The van der Waals surface area contributed by atoms with Crippen molar-refractivity contribution in [2.75, 3.05) is 0 Å². The number of alkyl halides is 2. The highest BCUT2D eigenvalue weighted by Gasteiger charge is 2.27. The summed E-state index contributed by atoms with van der Waals surface area (Å²) in [5.41, 5.74) is 0.446. The molecule has 1 aliphatic heterocycles. The third kappa shape index (κ3) is 4.23. The van der Waals surface area contributed by atoms with Gasteiger partial charge in [-0.15, -0.1) is 11.3 Å². The Morgan fingerprint density at radius 3 is 2.94 bits per heavy atom. The first-order valence-corrected chi connectivity index (χ1v) is 11.1. The van der Waals surface area contributed by atoms with Crippen LogP contribution < -0.4 is 5.32 Å². The summed E-state index contributed by atoms with van der Waals surface area (Å²) >= 11 is 6.71. The first kappa shape index (κ1) is 21.6. The number of aromatic nitrogens is 6. The maximum absolute atomic E-state index is 13.5. The second-order valence-electron chi connectivity index (χ2n) is 7.39. The molecular weight excluding hydrogens is 479 g/mol. The van der Waals surface area contributed by atoms with Crippen molar-refractivity contribution in [1.82, 2.24) is 35.3 Å². The van der Waals surface area contributed by atoms with Gasteiger partial charge in [-0.25, -0.2) is 27.8 Å². The number of aromatic amines is 1. The van der Waals surface area contributed by atoms with E-state index < -0.39 is 18.0 Å². The van der Waals surface area contributed by atoms with E-state index in [2.05, 4.69) is 30.6 Å². The molecule has 0 saturated heterocycles. The standard InChI is InChI=1S/C20H15ClF3N7OS/c21-16-15(17(23)24)28-20(33-16)12-8-25-29-14(12)19(32)26-11-4-5-31-13(7-11)27-18(30-31)9-2-1-3-10(22)6-9/h1-3,6,8,11,17H,4-5,7H2,(H,25,29)(H,26,32). The number of aryl methyl sites for hydroxylation is 1. The van der Waals surface area contributed by atoms with Crippen molar-refractivity contribution in [2.45, 2.75) is 31.9 Å². The van der Waals surface area contributed by atoms with Gasteiger partial charge in [0.1, 0.15) is 32.4 Å². The lowest BCUT2D eigenvalue weighted by molar-refractivity contribution is 0.0925. The lowest BCUT2D eigenvalue weighted by Crippen LogP contribution is -2.40. The van der Waals surface area contributed by atoms with E-state index in [0.717, 1.165) is 11.3 Å². The Bertz CT molecular complexity index is 1330. The molecule has 0 radical (unpaired) electrons. The van der Waals surface area contributed by atoms with E-state index in [4.69, 9.17) is 11.6 Å². The number of hydrogen-bond donors (Lipinski definition) is 2. The number of nitrogens with zero attached hydrogens (tertiary/aromatic N) is 5. The van der Waals surface area contributed by atoms with Crippen molar-refractivity contribution >= 4 is 28.8 Å². The van der Waals surface area contributed by atoms with Crippen LogP contribution in [0.15, 0.2) is 30.5 Å². The molecule has 5 rings (SSSR count). The fourth-order valence-electron chi connectivity index (χ4n) is 3.62. The Balaban J connectivity index is 1.32. The van der Waals surface area contributed by atoms with Crippen molar-refractivity contribution in [2.24, 2.45) is 0 Å². The zero-order valence-electron chi connectivity index (χ0n) is 16.7. The van der Waals surface area contributed by atoms with E-state index in [1.54, 1.807) is 16.8 Å². The molecular formula is C20H15ClF3N7OS. The predicted molar refractivity (Wildman–Crippen MR) is 115 cm³/mol. The maximum atomic E-state index is 13.5. The molecule has 170 valence electrons. The number of nitrogens with one attached hydrogen (secondary N) is 2. The molecule has 1 aromatic carbocycles. The summed E-state index contributed by atoms with van der Waals surface area (Å²) in [5.74, 6) is 0.269. The molecule has 33 heavy (non-hydrogen) atoms. The summed E-state index contributed by atoms with van der Waals surface area (Å²) in [7, 11) is 0. The van der Waals surface area contributed by atoms with Crippen LogP contribution in [0.2, 0.25) is 4.34 Å². The Hall–Kier alpha value is -3.25. The zero-order valence-corrected chi connectivity index (χ0v) is 18.3. The van der Waals surface area contributed by atoms with Crippen molar-refractivity contribution in [1.29, 1.82) is 0 Å². The van der Waals surface area contributed by atoms with Gasteiger partial charge in [0, 0.05) is 24.6 Å². The molecule has 1 unspecified atom stereocenters. The third-order valence-corrected chi connectivity index (χ3v) is 6.52. The van der Waals surface area contributed by atoms with E-state index in [9.17, 15) is 18.0 Å². The molecule has 1 atom stereocenters. The molecule has 2 N–H and O–H groups in total. The minimum Gasteiger partial charge on any atom is -0.347 e. The number of carbonyl (C=O) groups excluding carboxylic acids is 1. The summed E-state index contributed by atoms with van der Waals surface area (Å²) in [5, 5.41) is 14.0. The van der Waals surface area contributed by atoms with Gasteiger partial charge in [-0.2, -0.15) is 10.2 Å². The number of H-pyrrole nitrogens is 1. The van der Waals surface area contributed by atoms with E-state index >= 15 is 0 Å². The van der Waals surface area contributed by atoms with Crippen LogP contribution in [0.3, 0.4) is 0 Å². The van der Waals surface area contributed by atoms with Gasteiger partial charge in [-0.1, -0.05) is 23.7 Å². The number of halogens is 4. The van der Waals surface area contributed by atoms with Crippen LogP contribution in [0.25, 0.3) is 22.0 Å². The minimum atomic E-state index is -2.82. The fourth-order valence-corrected chi connectivity index (χ4v) is 4.78. The number of fused-ring (bicyclic) bond motifs is 1. The van der Waals surface area contributed by atoms with Crippen LogP contribution in [-0.2, 0) is 13.0 Å². The molecule has 3 aromatic heterocycles. The summed E-state index contributed by atoms with van der Waals surface area (Å²) < 4.78 is 41.2. The summed E-state index contributed by atoms with van der Waals surface area (Å²) in [6.45, 7) is 0.526. The van der Waals surface area contributed by atoms with Gasteiger partial charge in [-0.05, 0) is 18.6 Å². The number of amides is 1. The predicted octanol–water partition coefficient (Wildman–Crippen LogP) is 4.27. The van der Waals surface area contributed by atoms with Gasteiger partial charge in [0.05, 0.1) is 11.8 Å². The Kier molecular flexibility index (Phi) is 5.62. The molecule has 0 bridgehead atoms. The van der Waals surface area contributed by atoms with E-state index in [0.29, 0.717) is 42.2 Å². The largest absolute Gasteiger partial charge is 0.347 e. The van der Waals surface area contributed by atoms with Gasteiger partial charge in [0.25, 0.3) is 12.3 Å². The third-order valence-electron chi connectivity index (χ3n) is 5.20. The molecule has 0 spiro atoms. The van der Waals surface area contributed by atoms with Gasteiger partial charge in [-0.3, -0.25) is 9.89 Å². The SMILES string of the molecule is O=C(NC1CCn2nc(-c3cccc(F)c3)nc2C1)c1[nH]ncc1-c1nc(C(F)F)c(Cl)s1. The van der Waals surface area contributed by atoms with E-state index in [1.807, 2.05) is 0 Å². The first-order chi connectivity index (χ1) is 15.9. The Labute approximate surface area is 193 Å². The first-order valence-electron chi connectivity index (χ1n) is 9.87. The second-order valence-corrected chi connectivity index (χ2v) is 8.99. The molecule has 1 amide bonds. The van der Waals surface area contributed by atoms with Crippen molar-refractivity contribution < 1.29 is 18.0 Å². The fraction of sp³-hybridized carbons (Fsp3) is 0.250. The molecule has 8 nitrogen and oxygen atoms in total. The van der Waals surface area contributed by atoms with E-state index in [-0.39, 0.29) is 26.9 Å². The topological polar surface area (TPSA) is 101 Å². The zero-order chi connectivity index (χ0) is 23.1. The molecule has 0 fully saturated rings. The average Bonchev–Trinajstić information content (AvgIpc) is 3.51. The van der Waals surface area contributed by atoms with Crippen LogP contribution in [0.1, 0.15) is 34.9 Å². The number of thiazole rings is 1. The number of hydrogen-bond acceptors (Lipinski definition) is 6. The van der Waals surface area contributed by atoms with Crippen molar-refractivity contribution in [3.05, 3.63) is 57.8 Å². The Morgan fingerprint density at radius 2 is 2.18 bits per heavy atom. The average molecular weight is 494 g/mol. The van der Waals surface area contributed by atoms with Crippen LogP contribution in [0, 0.1) is 5.82 Å². The number of benzene rings is 1. The smallest absolute Gasteiger partial charge is 0.282 e. The second kappa shape index (κ2) is 8.60. The lowest BCUT2D eigenvalue weighted by atomic mass is 10.1. The summed E-state index contributed by atoms with van der Waals surface area (Å²) in [4.78, 5) is 21.3. The van der Waals surface area contributed by atoms with Gasteiger partial charge >= 0.3 is 0 Å². The molecule has 4 aromatic rings. The lowest BCUT2D eigenvalue weighted by Gasteiger charge is -2.23. The van der Waals surface area contributed by atoms with Gasteiger partial charge in [0.15, 0.2) is 5.82 Å². The molecule has 4 heterocycles. The van der Waals surface area contributed by atoms with Crippen molar-refractivity contribution in [3.63, 3.8) is 0 Å². The highest BCUT2D eigenvalue weighted by molar-refractivity contribution is 7.19. The molecule has 1 aliphatic rings. The quantitative estimate of drug-likeness (QED) is 0.432. The Morgan fingerprint density at radius 1 is 1.33 bits per heavy atom. The molecule has 0 aliphatic carbocycles. The number of carbonyl (C=O) groups is 1. The van der Waals surface area contributed by atoms with Crippen LogP contribution in [-0.4, -0.2) is 41.9 Å². The summed E-state index contributed by atoms with van der Waals surface area (Å²) in [6, 6.07) is 5.80. The van der Waals surface area contributed by atoms with Crippen LogP contribution in [0.4, 0.5) is 13.2 Å². The van der Waals surface area contributed by atoms with Gasteiger partial charge < -0.3 is 5.32 Å². The monoisotopic (exact) mass is 493 g/mol.